The lowest BCUT2D eigenvalue weighted by molar-refractivity contribution is -0.125. The van der Waals surface area contributed by atoms with Crippen LogP contribution in [-0.4, -0.2) is 49.0 Å². The van der Waals surface area contributed by atoms with Gasteiger partial charge in [-0.3, -0.25) is 14.6 Å². The number of para-hydroxylation sites is 1. The summed E-state index contributed by atoms with van der Waals surface area (Å²) < 4.78 is 11.1. The van der Waals surface area contributed by atoms with Crippen molar-refractivity contribution in [1.29, 1.82) is 0 Å². The Bertz CT molecular complexity index is 1150. The van der Waals surface area contributed by atoms with E-state index >= 15 is 0 Å². The van der Waals surface area contributed by atoms with Crippen molar-refractivity contribution in [1.82, 2.24) is 15.2 Å². The molecule has 0 spiro atoms. The molecule has 1 aromatic heterocycles. The number of nitrogens with one attached hydrogen (secondary N) is 1. The molecule has 1 aliphatic rings. The van der Waals surface area contributed by atoms with Gasteiger partial charge in [0.2, 0.25) is 5.91 Å². The van der Waals surface area contributed by atoms with E-state index in [1.807, 2.05) is 67.6 Å². The highest BCUT2D eigenvalue weighted by Gasteiger charge is 2.42. The number of amides is 2. The lowest BCUT2D eigenvalue weighted by atomic mass is 9.87. The molecule has 7 nitrogen and oxygen atoms in total. The molecule has 1 fully saturated rings. The third-order valence-corrected chi connectivity index (χ3v) is 6.25. The number of benzene rings is 2. The lowest BCUT2D eigenvalue weighted by Gasteiger charge is -2.21. The number of ether oxygens (including phenoxy) is 2. The Labute approximate surface area is 199 Å². The molecule has 7 heteroatoms. The van der Waals surface area contributed by atoms with E-state index in [-0.39, 0.29) is 17.7 Å². The van der Waals surface area contributed by atoms with Gasteiger partial charge < -0.3 is 19.7 Å². The lowest BCUT2D eigenvalue weighted by Crippen LogP contribution is -2.35. The number of rotatable bonds is 7. The molecule has 4 rings (SSSR count). The first-order valence-electron chi connectivity index (χ1n) is 11.3. The Kier molecular flexibility index (Phi) is 7.11. The fraction of sp³-hybridized carbons (Fsp3) is 0.296. The van der Waals surface area contributed by atoms with Crippen LogP contribution >= 0.6 is 0 Å². The van der Waals surface area contributed by atoms with Crippen LogP contribution in [-0.2, 0) is 11.3 Å². The van der Waals surface area contributed by atoms with Gasteiger partial charge in [-0.25, -0.2) is 0 Å². The van der Waals surface area contributed by atoms with Crippen LogP contribution in [0, 0.1) is 12.8 Å². The summed E-state index contributed by atoms with van der Waals surface area (Å²) in [5.74, 6) is 0.270. The minimum Gasteiger partial charge on any atom is -0.493 e. The zero-order valence-electron chi connectivity index (χ0n) is 19.7. The van der Waals surface area contributed by atoms with Crippen molar-refractivity contribution in [2.75, 3.05) is 27.3 Å². The fourth-order valence-electron chi connectivity index (χ4n) is 4.44. The number of aromatic nitrogens is 1. The van der Waals surface area contributed by atoms with Gasteiger partial charge in [0.15, 0.2) is 11.5 Å². The first kappa shape index (κ1) is 23.3. The van der Waals surface area contributed by atoms with Crippen LogP contribution in [0.2, 0.25) is 0 Å². The van der Waals surface area contributed by atoms with Gasteiger partial charge in [0, 0.05) is 36.3 Å². The van der Waals surface area contributed by atoms with Crippen LogP contribution in [0.1, 0.15) is 33.1 Å². The van der Waals surface area contributed by atoms with Crippen molar-refractivity contribution >= 4 is 11.8 Å². The molecule has 1 N–H and O–H groups in total. The van der Waals surface area contributed by atoms with E-state index in [9.17, 15) is 9.59 Å². The first-order chi connectivity index (χ1) is 16.5. The van der Waals surface area contributed by atoms with Gasteiger partial charge in [-0.1, -0.05) is 35.9 Å². The van der Waals surface area contributed by atoms with E-state index < -0.39 is 5.92 Å². The number of hydrogen-bond donors (Lipinski definition) is 1. The van der Waals surface area contributed by atoms with Crippen LogP contribution in [0.15, 0.2) is 66.9 Å². The van der Waals surface area contributed by atoms with Crippen LogP contribution < -0.4 is 14.8 Å². The number of aryl methyl sites for hydroxylation is 1. The molecular weight excluding hydrogens is 430 g/mol. The number of nitrogens with zero attached hydrogens (tertiary/aromatic N) is 2. The van der Waals surface area contributed by atoms with Gasteiger partial charge in [0.05, 0.1) is 32.4 Å². The maximum absolute atomic E-state index is 13.4. The molecule has 0 saturated carbocycles. The Morgan fingerprint density at radius 2 is 1.79 bits per heavy atom. The summed E-state index contributed by atoms with van der Waals surface area (Å²) in [6.45, 7) is 3.02. The second-order valence-electron chi connectivity index (χ2n) is 8.41. The number of likely N-dealkylation sites (tertiary alicyclic amines) is 1. The van der Waals surface area contributed by atoms with E-state index in [0.29, 0.717) is 36.7 Å². The average Bonchev–Trinajstić information content (AvgIpc) is 3.32. The largest absolute Gasteiger partial charge is 0.493 e. The van der Waals surface area contributed by atoms with E-state index in [4.69, 9.17) is 9.47 Å². The van der Waals surface area contributed by atoms with Gasteiger partial charge >= 0.3 is 0 Å². The predicted molar refractivity (Wildman–Crippen MR) is 129 cm³/mol. The molecule has 2 amide bonds. The van der Waals surface area contributed by atoms with Gasteiger partial charge in [-0.15, -0.1) is 0 Å². The second kappa shape index (κ2) is 10.4. The van der Waals surface area contributed by atoms with Gasteiger partial charge in [0.1, 0.15) is 0 Å². The van der Waals surface area contributed by atoms with Crippen molar-refractivity contribution in [3.05, 3.63) is 89.2 Å². The predicted octanol–water partition coefficient (Wildman–Crippen LogP) is 3.58. The minimum atomic E-state index is -0.445. The van der Waals surface area contributed by atoms with Crippen LogP contribution in [0.5, 0.6) is 11.5 Å². The molecule has 2 atom stereocenters. The van der Waals surface area contributed by atoms with Crippen LogP contribution in [0.3, 0.4) is 0 Å². The van der Waals surface area contributed by atoms with Crippen molar-refractivity contribution in [3.63, 3.8) is 0 Å². The van der Waals surface area contributed by atoms with Crippen molar-refractivity contribution in [2.45, 2.75) is 19.4 Å². The van der Waals surface area contributed by atoms with Gasteiger partial charge in [0.25, 0.3) is 5.91 Å². The smallest absolute Gasteiger partial charge is 0.253 e. The van der Waals surface area contributed by atoms with Crippen LogP contribution in [0.4, 0.5) is 0 Å². The molecule has 0 radical (unpaired) electrons. The number of carbonyl (C=O) groups excluding carboxylic acids is 2. The summed E-state index contributed by atoms with van der Waals surface area (Å²) in [4.78, 5) is 32.7. The number of methoxy groups -OCH3 is 2. The zero-order chi connectivity index (χ0) is 24.1. The van der Waals surface area contributed by atoms with Gasteiger partial charge in [-0.2, -0.15) is 0 Å². The molecular formula is C27H29N3O4. The summed E-state index contributed by atoms with van der Waals surface area (Å²) in [5.41, 5.74) is 3.32. The molecule has 1 saturated heterocycles. The molecule has 0 bridgehead atoms. The number of carbonyl (C=O) groups is 2. The molecule has 1 aliphatic heterocycles. The molecule has 0 unspecified atom stereocenters. The highest BCUT2D eigenvalue weighted by molar-refractivity contribution is 5.95. The van der Waals surface area contributed by atoms with Crippen molar-refractivity contribution in [3.8, 4) is 11.5 Å². The van der Waals surface area contributed by atoms with E-state index in [1.165, 1.54) is 0 Å². The Morgan fingerprint density at radius 1 is 1.00 bits per heavy atom. The van der Waals surface area contributed by atoms with Crippen molar-refractivity contribution in [2.24, 2.45) is 5.92 Å². The Balaban J connectivity index is 1.62. The molecule has 2 aromatic carbocycles. The minimum absolute atomic E-state index is 0.0908. The molecule has 34 heavy (non-hydrogen) atoms. The molecule has 3 aromatic rings. The summed E-state index contributed by atoms with van der Waals surface area (Å²) in [7, 11) is 3.17. The number of pyridine rings is 1. The SMILES string of the molecule is COc1cccc([C@@H]2CN(C(=O)c3ccc(C)cc3)C[C@H]2C(=O)NCc2ccccn2)c1OC. The molecule has 176 valence electrons. The highest BCUT2D eigenvalue weighted by Crippen LogP contribution is 2.42. The standard InChI is InChI=1S/C27H29N3O4/c1-18-10-12-19(13-11-18)27(32)30-16-22(21-8-6-9-24(33-2)25(21)34-3)23(17-30)26(31)29-15-20-7-4-5-14-28-20/h4-14,22-23H,15-17H2,1-3H3,(H,29,31)/t22-,23+/m0/s1. The summed E-state index contributed by atoms with van der Waals surface area (Å²) in [6, 6.07) is 18.7. The highest BCUT2D eigenvalue weighted by atomic mass is 16.5. The summed E-state index contributed by atoms with van der Waals surface area (Å²) in [5, 5.41) is 3.00. The Hall–Kier alpha value is -3.87. The number of hydrogen-bond acceptors (Lipinski definition) is 5. The first-order valence-corrected chi connectivity index (χ1v) is 11.3. The summed E-state index contributed by atoms with van der Waals surface area (Å²) in [6.07, 6.45) is 1.70. The maximum atomic E-state index is 13.4. The third-order valence-electron chi connectivity index (χ3n) is 6.25. The van der Waals surface area contributed by atoms with Gasteiger partial charge in [-0.05, 0) is 37.3 Å². The average molecular weight is 460 g/mol. The monoisotopic (exact) mass is 459 g/mol. The topological polar surface area (TPSA) is 80.8 Å². The zero-order valence-corrected chi connectivity index (χ0v) is 19.7. The summed E-state index contributed by atoms with van der Waals surface area (Å²) >= 11 is 0. The van der Waals surface area contributed by atoms with E-state index in [0.717, 1.165) is 16.8 Å². The Morgan fingerprint density at radius 3 is 2.47 bits per heavy atom. The van der Waals surface area contributed by atoms with E-state index in [1.54, 1.807) is 25.3 Å². The maximum Gasteiger partial charge on any atom is 0.253 e. The molecule has 2 heterocycles. The second-order valence-corrected chi connectivity index (χ2v) is 8.41. The normalized spacial score (nSPS) is 17.3. The third kappa shape index (κ3) is 4.88. The van der Waals surface area contributed by atoms with E-state index in [2.05, 4.69) is 10.3 Å². The quantitative estimate of drug-likeness (QED) is 0.584. The fourth-order valence-corrected chi connectivity index (χ4v) is 4.44. The van der Waals surface area contributed by atoms with Crippen molar-refractivity contribution < 1.29 is 19.1 Å². The molecule has 0 aliphatic carbocycles. The van der Waals surface area contributed by atoms with Crippen LogP contribution in [0.25, 0.3) is 0 Å².